The van der Waals surface area contributed by atoms with Crippen molar-refractivity contribution in [3.63, 3.8) is 0 Å². The first-order valence-electron chi connectivity index (χ1n) is 6.28. The van der Waals surface area contributed by atoms with Gasteiger partial charge in [-0.15, -0.1) is 0 Å². The van der Waals surface area contributed by atoms with Crippen LogP contribution in [0.4, 0.5) is 16.2 Å². The molecule has 1 N–H and O–H groups in total. The Morgan fingerprint density at radius 1 is 1.56 bits per heavy atom. The number of anilines is 2. The molecule has 2 heterocycles. The molecule has 1 aliphatic heterocycles. The maximum atomic E-state index is 11.1. The molecule has 98 valence electrons. The third-order valence-corrected chi connectivity index (χ3v) is 3.54. The van der Waals surface area contributed by atoms with Gasteiger partial charge < -0.3 is 10.0 Å². The molecule has 1 aromatic heterocycles. The fraction of sp³-hybridized carbons (Fsp3) is 0.538. The molecule has 0 aromatic carbocycles. The summed E-state index contributed by atoms with van der Waals surface area (Å²) in [6, 6.07) is 2.35. The van der Waals surface area contributed by atoms with Gasteiger partial charge in [0.25, 0.3) is 0 Å². The van der Waals surface area contributed by atoms with Crippen molar-refractivity contribution in [3.05, 3.63) is 18.5 Å². The molecule has 1 atom stereocenters. The SMILES string of the molecule is CC1CCCCN1c1ccncc1N(C)C(=O)O. The van der Waals surface area contributed by atoms with E-state index >= 15 is 0 Å². The van der Waals surface area contributed by atoms with E-state index in [1.54, 1.807) is 19.4 Å². The standard InChI is InChI=1S/C13H19N3O2/c1-10-5-3-4-8-16(10)11-6-7-14-9-12(11)15(2)13(17)18/h6-7,9-10H,3-5,8H2,1-2H3,(H,17,18). The van der Waals surface area contributed by atoms with Crippen molar-refractivity contribution in [1.29, 1.82) is 0 Å². The molecule has 18 heavy (non-hydrogen) atoms. The highest BCUT2D eigenvalue weighted by Crippen LogP contribution is 2.32. The van der Waals surface area contributed by atoms with E-state index < -0.39 is 6.09 Å². The van der Waals surface area contributed by atoms with Crippen LogP contribution >= 0.6 is 0 Å². The highest BCUT2D eigenvalue weighted by atomic mass is 16.4. The van der Waals surface area contributed by atoms with Crippen molar-refractivity contribution in [2.24, 2.45) is 0 Å². The van der Waals surface area contributed by atoms with E-state index in [4.69, 9.17) is 5.11 Å². The zero-order chi connectivity index (χ0) is 13.1. The first kappa shape index (κ1) is 12.7. The monoisotopic (exact) mass is 249 g/mol. The van der Waals surface area contributed by atoms with Crippen LogP contribution in [0, 0.1) is 0 Å². The van der Waals surface area contributed by atoms with E-state index in [0.717, 1.165) is 25.1 Å². The Hall–Kier alpha value is -1.78. The highest BCUT2D eigenvalue weighted by molar-refractivity contribution is 5.90. The zero-order valence-electron chi connectivity index (χ0n) is 10.8. The van der Waals surface area contributed by atoms with E-state index in [1.165, 1.54) is 11.3 Å². The third-order valence-electron chi connectivity index (χ3n) is 3.54. The first-order valence-corrected chi connectivity index (χ1v) is 6.28. The lowest BCUT2D eigenvalue weighted by Crippen LogP contribution is -2.39. The van der Waals surface area contributed by atoms with Gasteiger partial charge >= 0.3 is 6.09 Å². The minimum Gasteiger partial charge on any atom is -0.465 e. The van der Waals surface area contributed by atoms with Gasteiger partial charge in [-0.3, -0.25) is 9.88 Å². The Morgan fingerprint density at radius 3 is 3.00 bits per heavy atom. The summed E-state index contributed by atoms with van der Waals surface area (Å²) in [4.78, 5) is 18.6. The van der Waals surface area contributed by atoms with Gasteiger partial charge in [0.2, 0.25) is 0 Å². The van der Waals surface area contributed by atoms with Crippen LogP contribution in [0.3, 0.4) is 0 Å². The minimum atomic E-state index is -0.964. The fourth-order valence-electron chi connectivity index (χ4n) is 2.44. The smallest absolute Gasteiger partial charge is 0.411 e. The maximum absolute atomic E-state index is 11.1. The van der Waals surface area contributed by atoms with E-state index in [-0.39, 0.29) is 0 Å². The molecule has 0 spiro atoms. The number of rotatable bonds is 2. The number of pyridine rings is 1. The molecular formula is C13H19N3O2. The summed E-state index contributed by atoms with van der Waals surface area (Å²) < 4.78 is 0. The lowest BCUT2D eigenvalue weighted by molar-refractivity contribution is 0.203. The largest absolute Gasteiger partial charge is 0.465 e. The second kappa shape index (κ2) is 5.25. The van der Waals surface area contributed by atoms with E-state index in [2.05, 4.69) is 16.8 Å². The van der Waals surface area contributed by atoms with Crippen LogP contribution in [-0.4, -0.2) is 35.8 Å². The van der Waals surface area contributed by atoms with E-state index in [0.29, 0.717) is 11.7 Å². The molecule has 0 radical (unpaired) electrons. The van der Waals surface area contributed by atoms with Crippen molar-refractivity contribution >= 4 is 17.5 Å². The average Bonchev–Trinajstić information content (AvgIpc) is 2.38. The highest BCUT2D eigenvalue weighted by Gasteiger charge is 2.23. The number of amides is 1. The molecule has 1 saturated heterocycles. The van der Waals surface area contributed by atoms with Gasteiger partial charge in [-0.25, -0.2) is 4.79 Å². The van der Waals surface area contributed by atoms with Gasteiger partial charge in [0, 0.05) is 25.8 Å². The molecule has 1 fully saturated rings. The number of piperidine rings is 1. The second-order valence-electron chi connectivity index (χ2n) is 4.74. The van der Waals surface area contributed by atoms with Gasteiger partial charge in [0.05, 0.1) is 17.6 Å². The summed E-state index contributed by atoms with van der Waals surface area (Å²) in [5.74, 6) is 0. The van der Waals surface area contributed by atoms with Crippen molar-refractivity contribution in [2.75, 3.05) is 23.4 Å². The third kappa shape index (κ3) is 2.39. The molecule has 5 nitrogen and oxygen atoms in total. The molecule has 1 aliphatic rings. The Morgan fingerprint density at radius 2 is 2.33 bits per heavy atom. The summed E-state index contributed by atoms with van der Waals surface area (Å²) >= 11 is 0. The number of nitrogens with zero attached hydrogens (tertiary/aromatic N) is 3. The molecule has 5 heteroatoms. The molecule has 0 saturated carbocycles. The van der Waals surface area contributed by atoms with Crippen LogP contribution in [0.1, 0.15) is 26.2 Å². The van der Waals surface area contributed by atoms with Crippen molar-refractivity contribution in [3.8, 4) is 0 Å². The number of hydrogen-bond donors (Lipinski definition) is 1. The summed E-state index contributed by atoms with van der Waals surface area (Å²) in [5, 5.41) is 9.10. The molecule has 0 aliphatic carbocycles. The number of carboxylic acid groups (broad SMARTS) is 1. The van der Waals surface area contributed by atoms with Crippen LogP contribution < -0.4 is 9.80 Å². The molecule has 1 amide bonds. The van der Waals surface area contributed by atoms with E-state index in [1.807, 2.05) is 6.07 Å². The van der Waals surface area contributed by atoms with Gasteiger partial charge in [0.1, 0.15) is 0 Å². The lowest BCUT2D eigenvalue weighted by Gasteiger charge is -2.37. The van der Waals surface area contributed by atoms with Gasteiger partial charge in [-0.05, 0) is 32.3 Å². The average molecular weight is 249 g/mol. The normalized spacial score (nSPS) is 19.7. The topological polar surface area (TPSA) is 56.7 Å². The second-order valence-corrected chi connectivity index (χ2v) is 4.74. The van der Waals surface area contributed by atoms with Crippen molar-refractivity contribution in [2.45, 2.75) is 32.2 Å². The molecule has 2 rings (SSSR count). The Bertz CT molecular complexity index is 436. The molecule has 1 aromatic rings. The first-order chi connectivity index (χ1) is 8.61. The van der Waals surface area contributed by atoms with Gasteiger partial charge in [0.15, 0.2) is 0 Å². The molecule has 0 bridgehead atoms. The lowest BCUT2D eigenvalue weighted by atomic mass is 10.0. The summed E-state index contributed by atoms with van der Waals surface area (Å²) in [7, 11) is 1.55. The van der Waals surface area contributed by atoms with Crippen molar-refractivity contribution < 1.29 is 9.90 Å². The van der Waals surface area contributed by atoms with E-state index in [9.17, 15) is 4.79 Å². The van der Waals surface area contributed by atoms with Gasteiger partial charge in [-0.2, -0.15) is 0 Å². The summed E-state index contributed by atoms with van der Waals surface area (Å²) in [6.07, 6.45) is 5.92. The van der Waals surface area contributed by atoms with Crippen LogP contribution in [0.15, 0.2) is 18.5 Å². The minimum absolute atomic E-state index is 0.446. The Balaban J connectivity index is 2.34. The summed E-state index contributed by atoms with van der Waals surface area (Å²) in [6.45, 7) is 3.16. The predicted octanol–water partition coefficient (Wildman–Crippen LogP) is 2.57. The zero-order valence-corrected chi connectivity index (χ0v) is 10.8. The quantitative estimate of drug-likeness (QED) is 0.875. The van der Waals surface area contributed by atoms with Crippen LogP contribution in [0.2, 0.25) is 0 Å². The number of aromatic nitrogens is 1. The van der Waals surface area contributed by atoms with Gasteiger partial charge in [-0.1, -0.05) is 0 Å². The Kier molecular flexibility index (Phi) is 3.69. The Labute approximate surface area is 107 Å². The maximum Gasteiger partial charge on any atom is 0.411 e. The van der Waals surface area contributed by atoms with Crippen LogP contribution in [0.5, 0.6) is 0 Å². The summed E-state index contributed by atoms with van der Waals surface area (Å²) in [5.41, 5.74) is 1.61. The number of hydrogen-bond acceptors (Lipinski definition) is 3. The number of carbonyl (C=O) groups is 1. The van der Waals surface area contributed by atoms with Crippen molar-refractivity contribution in [1.82, 2.24) is 4.98 Å². The molecular weight excluding hydrogens is 230 g/mol. The molecule has 1 unspecified atom stereocenters. The van der Waals surface area contributed by atoms with Crippen LogP contribution in [-0.2, 0) is 0 Å². The predicted molar refractivity (Wildman–Crippen MR) is 71.3 cm³/mol. The van der Waals surface area contributed by atoms with Crippen LogP contribution in [0.25, 0.3) is 0 Å². The fourth-order valence-corrected chi connectivity index (χ4v) is 2.44.